The summed E-state index contributed by atoms with van der Waals surface area (Å²) < 4.78 is 7.34. The molecule has 1 aliphatic heterocycles. The molecule has 1 aromatic carbocycles. The fourth-order valence-corrected chi connectivity index (χ4v) is 3.48. The molecule has 4 rings (SSSR count). The second kappa shape index (κ2) is 7.19. The molecular formula is C20H21N5O2. The molecule has 0 unspecified atom stereocenters. The molecule has 3 heterocycles. The van der Waals surface area contributed by atoms with Crippen LogP contribution in [0.4, 0.5) is 0 Å². The van der Waals surface area contributed by atoms with E-state index in [-0.39, 0.29) is 11.9 Å². The first-order valence-corrected chi connectivity index (χ1v) is 8.91. The van der Waals surface area contributed by atoms with Gasteiger partial charge in [-0.05, 0) is 18.6 Å². The van der Waals surface area contributed by atoms with E-state index in [4.69, 9.17) is 4.74 Å². The van der Waals surface area contributed by atoms with Gasteiger partial charge in [-0.3, -0.25) is 9.78 Å². The van der Waals surface area contributed by atoms with Crippen molar-refractivity contribution in [3.63, 3.8) is 0 Å². The van der Waals surface area contributed by atoms with E-state index in [9.17, 15) is 4.79 Å². The largest absolute Gasteiger partial charge is 0.497 e. The summed E-state index contributed by atoms with van der Waals surface area (Å²) in [5, 5.41) is 8.71. The number of fused-ring (bicyclic) bond motifs is 1. The highest BCUT2D eigenvalue weighted by Gasteiger charge is 2.30. The zero-order valence-electron chi connectivity index (χ0n) is 15.4. The first kappa shape index (κ1) is 17.2. The normalized spacial score (nSPS) is 16.1. The number of carbonyl (C=O) groups excluding carboxylic acids is 1. The number of aromatic nitrogens is 4. The van der Waals surface area contributed by atoms with Gasteiger partial charge in [0.25, 0.3) is 5.91 Å². The van der Waals surface area contributed by atoms with E-state index < -0.39 is 0 Å². The topological polar surface area (TPSA) is 73.1 Å². The van der Waals surface area contributed by atoms with Crippen LogP contribution in [-0.2, 0) is 13.0 Å². The Morgan fingerprint density at radius 1 is 1.22 bits per heavy atom. The lowest BCUT2D eigenvalue weighted by Crippen LogP contribution is -2.41. The van der Waals surface area contributed by atoms with Gasteiger partial charge in [-0.1, -0.05) is 30.3 Å². The predicted octanol–water partition coefficient (Wildman–Crippen LogP) is 2.49. The van der Waals surface area contributed by atoms with E-state index in [2.05, 4.69) is 38.8 Å². The number of amides is 1. The summed E-state index contributed by atoms with van der Waals surface area (Å²) in [7, 11) is 1.57. The SMILES string of the molecule is COc1ccnc(C(=O)N2Cc3nnc(Cc4ccccc4)n3[C@@H](C)C2)c1. The van der Waals surface area contributed by atoms with Gasteiger partial charge in [-0.2, -0.15) is 0 Å². The number of pyridine rings is 1. The molecule has 1 aliphatic rings. The second-order valence-electron chi connectivity index (χ2n) is 6.68. The quantitative estimate of drug-likeness (QED) is 0.712. The molecule has 0 bridgehead atoms. The molecular weight excluding hydrogens is 342 g/mol. The van der Waals surface area contributed by atoms with Crippen LogP contribution >= 0.6 is 0 Å². The van der Waals surface area contributed by atoms with Crippen LogP contribution in [0.2, 0.25) is 0 Å². The van der Waals surface area contributed by atoms with Crippen molar-refractivity contribution in [2.75, 3.05) is 13.7 Å². The lowest BCUT2D eigenvalue weighted by Gasteiger charge is -2.32. The minimum Gasteiger partial charge on any atom is -0.497 e. The average Bonchev–Trinajstić information content (AvgIpc) is 3.11. The third-order valence-corrected chi connectivity index (χ3v) is 4.77. The molecule has 0 spiro atoms. The Labute approximate surface area is 157 Å². The first-order valence-electron chi connectivity index (χ1n) is 8.91. The van der Waals surface area contributed by atoms with Gasteiger partial charge >= 0.3 is 0 Å². The number of rotatable bonds is 4. The lowest BCUT2D eigenvalue weighted by atomic mass is 10.1. The molecule has 0 radical (unpaired) electrons. The number of ether oxygens (including phenoxy) is 1. The van der Waals surface area contributed by atoms with E-state index in [0.29, 0.717) is 24.5 Å². The van der Waals surface area contributed by atoms with Crippen LogP contribution in [0.3, 0.4) is 0 Å². The summed E-state index contributed by atoms with van der Waals surface area (Å²) in [4.78, 5) is 18.8. The van der Waals surface area contributed by atoms with Crippen LogP contribution in [0.5, 0.6) is 5.75 Å². The molecule has 0 saturated heterocycles. The minimum absolute atomic E-state index is 0.0945. The molecule has 0 fully saturated rings. The van der Waals surface area contributed by atoms with Crippen LogP contribution in [-0.4, -0.2) is 44.2 Å². The number of nitrogens with zero attached hydrogens (tertiary/aromatic N) is 5. The summed E-state index contributed by atoms with van der Waals surface area (Å²) in [6.45, 7) is 3.09. The predicted molar refractivity (Wildman–Crippen MR) is 99.5 cm³/mol. The maximum Gasteiger partial charge on any atom is 0.273 e. The van der Waals surface area contributed by atoms with Gasteiger partial charge in [-0.15, -0.1) is 10.2 Å². The Kier molecular flexibility index (Phi) is 4.58. The molecule has 7 heteroatoms. The molecule has 1 amide bonds. The van der Waals surface area contributed by atoms with Crippen LogP contribution in [0.15, 0.2) is 48.7 Å². The van der Waals surface area contributed by atoms with E-state index >= 15 is 0 Å². The maximum absolute atomic E-state index is 12.9. The molecule has 0 N–H and O–H groups in total. The Morgan fingerprint density at radius 3 is 2.81 bits per heavy atom. The monoisotopic (exact) mass is 363 g/mol. The van der Waals surface area contributed by atoms with Crippen molar-refractivity contribution in [3.05, 3.63) is 71.6 Å². The van der Waals surface area contributed by atoms with Gasteiger partial charge in [0.15, 0.2) is 5.82 Å². The summed E-state index contributed by atoms with van der Waals surface area (Å²) in [6.07, 6.45) is 2.31. The maximum atomic E-state index is 12.9. The zero-order valence-corrected chi connectivity index (χ0v) is 15.4. The van der Waals surface area contributed by atoms with Crippen molar-refractivity contribution in [2.45, 2.75) is 25.9 Å². The summed E-state index contributed by atoms with van der Waals surface area (Å²) in [5.41, 5.74) is 1.57. The molecule has 0 aliphatic carbocycles. The van der Waals surface area contributed by atoms with Crippen molar-refractivity contribution >= 4 is 5.91 Å². The smallest absolute Gasteiger partial charge is 0.273 e. The van der Waals surface area contributed by atoms with E-state index in [1.807, 2.05) is 18.2 Å². The average molecular weight is 363 g/mol. The molecule has 7 nitrogen and oxygen atoms in total. The first-order chi connectivity index (χ1) is 13.2. The standard InChI is InChI=1S/C20H21N5O2/c1-14-12-24(20(26)17-11-16(27-2)8-9-21-17)13-19-23-22-18(25(14)19)10-15-6-4-3-5-7-15/h3-9,11,14H,10,12-13H2,1-2H3/t14-/m0/s1. The number of hydrogen-bond acceptors (Lipinski definition) is 5. The Morgan fingerprint density at radius 2 is 2.04 bits per heavy atom. The number of carbonyl (C=O) groups is 1. The van der Waals surface area contributed by atoms with Gasteiger partial charge in [0.05, 0.1) is 19.7 Å². The van der Waals surface area contributed by atoms with Gasteiger partial charge < -0.3 is 14.2 Å². The van der Waals surface area contributed by atoms with E-state index in [0.717, 1.165) is 18.1 Å². The van der Waals surface area contributed by atoms with Crippen molar-refractivity contribution in [1.82, 2.24) is 24.6 Å². The summed E-state index contributed by atoms with van der Waals surface area (Å²) in [6, 6.07) is 13.7. The fourth-order valence-electron chi connectivity index (χ4n) is 3.48. The minimum atomic E-state index is -0.125. The van der Waals surface area contributed by atoms with Gasteiger partial charge in [0.2, 0.25) is 0 Å². The molecule has 27 heavy (non-hydrogen) atoms. The highest BCUT2D eigenvalue weighted by atomic mass is 16.5. The molecule has 2 aromatic heterocycles. The lowest BCUT2D eigenvalue weighted by molar-refractivity contribution is 0.0673. The molecule has 3 aromatic rings. The molecule has 1 atom stereocenters. The van der Waals surface area contributed by atoms with Gasteiger partial charge in [0, 0.05) is 25.2 Å². The summed E-state index contributed by atoms with van der Waals surface area (Å²) in [5.74, 6) is 2.22. The second-order valence-corrected chi connectivity index (χ2v) is 6.68. The van der Waals surface area contributed by atoms with E-state index in [1.54, 1.807) is 30.3 Å². The Bertz CT molecular complexity index is 954. The van der Waals surface area contributed by atoms with Gasteiger partial charge in [0.1, 0.15) is 17.3 Å². The molecule has 0 saturated carbocycles. The Hall–Kier alpha value is -3.22. The third kappa shape index (κ3) is 3.40. The van der Waals surface area contributed by atoms with Crippen LogP contribution in [0.1, 0.15) is 40.7 Å². The van der Waals surface area contributed by atoms with Crippen molar-refractivity contribution in [1.29, 1.82) is 0 Å². The van der Waals surface area contributed by atoms with Gasteiger partial charge in [-0.25, -0.2) is 0 Å². The number of hydrogen-bond donors (Lipinski definition) is 0. The van der Waals surface area contributed by atoms with Crippen LogP contribution in [0, 0.1) is 0 Å². The molecule has 138 valence electrons. The van der Waals surface area contributed by atoms with Crippen molar-refractivity contribution in [2.24, 2.45) is 0 Å². The fraction of sp³-hybridized carbons (Fsp3) is 0.300. The third-order valence-electron chi connectivity index (χ3n) is 4.77. The van der Waals surface area contributed by atoms with E-state index in [1.165, 1.54) is 5.56 Å². The van der Waals surface area contributed by atoms with Crippen LogP contribution < -0.4 is 4.74 Å². The summed E-state index contributed by atoms with van der Waals surface area (Å²) >= 11 is 0. The van der Waals surface area contributed by atoms with Crippen molar-refractivity contribution in [3.8, 4) is 5.75 Å². The Balaban J connectivity index is 1.56. The highest BCUT2D eigenvalue weighted by molar-refractivity contribution is 5.92. The zero-order chi connectivity index (χ0) is 18.8. The van der Waals surface area contributed by atoms with Crippen LogP contribution in [0.25, 0.3) is 0 Å². The van der Waals surface area contributed by atoms with Crippen molar-refractivity contribution < 1.29 is 9.53 Å². The number of methoxy groups -OCH3 is 1. The highest BCUT2D eigenvalue weighted by Crippen LogP contribution is 2.24. The number of benzene rings is 1.